The number of hydrogen-bond donors (Lipinski definition) is 0. The van der Waals surface area contributed by atoms with E-state index in [2.05, 4.69) is 0 Å². The highest BCUT2D eigenvalue weighted by atomic mass is 31.3. The second kappa shape index (κ2) is 25.3. The molecule has 4 fully saturated rings. The van der Waals surface area contributed by atoms with Crippen molar-refractivity contribution in [1.29, 1.82) is 0 Å². The molecule has 20 heteroatoms. The van der Waals surface area contributed by atoms with Gasteiger partial charge in [-0.1, -0.05) is 123 Å². The van der Waals surface area contributed by atoms with E-state index in [0.29, 0.717) is 139 Å². The molecule has 0 aromatic heterocycles. The molecule has 76 heavy (non-hydrogen) atoms. The molecule has 0 amide bonds. The van der Waals surface area contributed by atoms with Crippen LogP contribution >= 0.6 is 23.0 Å². The number of para-hydroxylation sites is 6. The van der Waals surface area contributed by atoms with Gasteiger partial charge in [0.1, 0.15) is 58.9 Å². The highest BCUT2D eigenvalue weighted by Gasteiger charge is 2.49. The zero-order valence-corrected chi connectivity index (χ0v) is 44.7. The van der Waals surface area contributed by atoms with Crippen LogP contribution in [-0.2, 0) is 63.6 Å². The van der Waals surface area contributed by atoms with Gasteiger partial charge in [-0.15, -0.1) is 0 Å². The van der Waals surface area contributed by atoms with E-state index < -0.39 is 23.0 Å². The summed E-state index contributed by atoms with van der Waals surface area (Å²) in [7, 11) is -12.8. The molecule has 5 aliphatic heterocycles. The standard InChI is InChI=1S/C56H62N3O14P3/c1-3-19-47(20-4-1)68-74(69-48-21-5-2-6-22-48)57-75(70-53-23-11-7-15-43(53)27-31-60-35-49-39-64-49,71-54-24-12-8-16-44(54)28-32-61-36-50-40-65-50)59-76(58-74,72-55-25-13-9-17-45(55)29-33-62-37-51-41-66-51)73-56-26-14-10-18-46(56)30-34-63-38-52-42-67-52/h1-26,49-52H,27-42H2. The Morgan fingerprint density at radius 3 is 0.816 bits per heavy atom. The molecular formula is C56H62N3O14P3. The van der Waals surface area contributed by atoms with Crippen molar-refractivity contribution in [2.75, 3.05) is 79.3 Å². The van der Waals surface area contributed by atoms with E-state index in [-0.39, 0.29) is 24.4 Å². The van der Waals surface area contributed by atoms with Gasteiger partial charge in [-0.3, -0.25) is 0 Å². The Balaban J connectivity index is 1.11. The lowest BCUT2D eigenvalue weighted by molar-refractivity contribution is 0.119. The number of nitrogens with zero attached hydrogens (tertiary/aromatic N) is 3. The molecule has 0 bridgehead atoms. The minimum absolute atomic E-state index is 0.110. The molecule has 0 radical (unpaired) electrons. The predicted molar refractivity (Wildman–Crippen MR) is 288 cm³/mol. The van der Waals surface area contributed by atoms with Gasteiger partial charge in [0.2, 0.25) is 0 Å². The van der Waals surface area contributed by atoms with Crippen LogP contribution in [0.2, 0.25) is 0 Å². The SMILES string of the molecule is c1ccc(OP2(Oc3ccccc3)=NP(Oc3ccccc3CCOCC3CO3)(Oc3ccccc3CCOCC3CO3)=NP(Oc3ccccc3CCOCC3CO3)(Oc3ccccc3CCOCC3CO3)=N2)cc1. The number of rotatable bonds is 32. The van der Waals surface area contributed by atoms with E-state index >= 15 is 0 Å². The van der Waals surface area contributed by atoms with Gasteiger partial charge in [0, 0.05) is 0 Å². The monoisotopic (exact) mass is 1090 g/mol. The number of epoxide rings is 4. The van der Waals surface area contributed by atoms with E-state index in [1.165, 1.54) is 0 Å². The molecule has 4 atom stereocenters. The maximum absolute atomic E-state index is 7.47. The quantitative estimate of drug-likeness (QED) is 0.0221. The van der Waals surface area contributed by atoms with Crippen LogP contribution < -0.4 is 27.1 Å². The van der Waals surface area contributed by atoms with Gasteiger partial charge in [-0.25, -0.2) is 0 Å². The Morgan fingerprint density at radius 1 is 0.316 bits per heavy atom. The summed E-state index contributed by atoms with van der Waals surface area (Å²) < 4.78 is 107. The summed E-state index contributed by atoms with van der Waals surface area (Å²) in [5.41, 5.74) is 3.30. The predicted octanol–water partition coefficient (Wildman–Crippen LogP) is 12.1. The second-order valence-electron chi connectivity index (χ2n) is 18.5. The Morgan fingerprint density at radius 2 is 0.553 bits per heavy atom. The first kappa shape index (κ1) is 52.5. The third-order valence-corrected chi connectivity index (χ3v) is 20.3. The number of benzene rings is 6. The fraction of sp³-hybridized carbons (Fsp3) is 0.357. The van der Waals surface area contributed by atoms with Crippen molar-refractivity contribution < 1.29 is 65.0 Å². The second-order valence-corrected chi connectivity index (χ2v) is 24.7. The summed E-state index contributed by atoms with van der Waals surface area (Å²) in [5.74, 6) is 2.64. The minimum Gasteiger partial charge on any atom is -0.413 e. The maximum Gasteiger partial charge on any atom is 0.460 e. The highest BCUT2D eigenvalue weighted by molar-refractivity contribution is 7.79. The third kappa shape index (κ3) is 15.4. The van der Waals surface area contributed by atoms with E-state index in [9.17, 15) is 0 Å². The summed E-state index contributed by atoms with van der Waals surface area (Å²) in [6.07, 6.45) is 2.40. The molecule has 5 heterocycles. The summed E-state index contributed by atoms with van der Waals surface area (Å²) >= 11 is 0. The van der Waals surface area contributed by atoms with Crippen LogP contribution in [0.5, 0.6) is 34.5 Å². The Labute approximate surface area is 443 Å². The molecule has 0 saturated carbocycles. The fourth-order valence-corrected chi connectivity index (χ4v) is 17.2. The number of hydrogen-bond acceptors (Lipinski definition) is 17. The lowest BCUT2D eigenvalue weighted by Crippen LogP contribution is -2.13. The van der Waals surface area contributed by atoms with Gasteiger partial charge in [0.15, 0.2) is 0 Å². The Bertz CT molecular complexity index is 2710. The van der Waals surface area contributed by atoms with Crippen molar-refractivity contribution in [3.05, 3.63) is 180 Å². The molecule has 400 valence electrons. The zero-order valence-electron chi connectivity index (χ0n) is 42.0. The molecule has 6 aromatic carbocycles. The van der Waals surface area contributed by atoms with Gasteiger partial charge >= 0.3 is 23.0 Å². The van der Waals surface area contributed by atoms with Crippen LogP contribution in [0, 0.1) is 0 Å². The highest BCUT2D eigenvalue weighted by Crippen LogP contribution is 2.79. The average molecular weight is 1090 g/mol. The summed E-state index contributed by atoms with van der Waals surface area (Å²) in [4.78, 5) is 0. The Kier molecular flexibility index (Phi) is 17.5. The van der Waals surface area contributed by atoms with Crippen LogP contribution in [0.1, 0.15) is 22.3 Å². The maximum atomic E-state index is 7.47. The molecule has 17 nitrogen and oxygen atoms in total. The van der Waals surface area contributed by atoms with Crippen LogP contribution in [0.4, 0.5) is 0 Å². The molecular weight excluding hydrogens is 1030 g/mol. The van der Waals surface area contributed by atoms with E-state index in [0.717, 1.165) is 22.3 Å². The first-order chi connectivity index (χ1) is 37.5. The summed E-state index contributed by atoms with van der Waals surface area (Å²) in [6.45, 7) is 6.38. The normalized spacial score (nSPS) is 23.4. The molecule has 0 aliphatic carbocycles. The molecule has 0 N–H and O–H groups in total. The van der Waals surface area contributed by atoms with Crippen molar-refractivity contribution in [2.45, 2.75) is 50.1 Å². The zero-order chi connectivity index (χ0) is 51.3. The lowest BCUT2D eigenvalue weighted by Gasteiger charge is -2.34. The molecule has 4 unspecified atom stereocenters. The first-order valence-corrected chi connectivity index (χ1v) is 30.3. The van der Waals surface area contributed by atoms with Gasteiger partial charge in [0.25, 0.3) is 0 Å². The van der Waals surface area contributed by atoms with Gasteiger partial charge in [-0.2, -0.15) is 0 Å². The van der Waals surface area contributed by atoms with Crippen LogP contribution in [0.15, 0.2) is 171 Å². The van der Waals surface area contributed by atoms with Gasteiger partial charge in [0.05, 0.1) is 79.3 Å². The Hall–Kier alpha value is -5.51. The molecule has 5 aliphatic rings. The first-order valence-electron chi connectivity index (χ1n) is 25.7. The molecule has 4 saturated heterocycles. The van der Waals surface area contributed by atoms with Crippen molar-refractivity contribution in [2.24, 2.45) is 13.5 Å². The average Bonchev–Trinajstić information content (AvgIpc) is 4.21. The lowest BCUT2D eigenvalue weighted by atomic mass is 10.1. The fourth-order valence-electron chi connectivity index (χ4n) is 7.95. The van der Waals surface area contributed by atoms with Crippen LogP contribution in [-0.4, -0.2) is 104 Å². The van der Waals surface area contributed by atoms with Crippen molar-refractivity contribution in [1.82, 2.24) is 0 Å². The molecule has 6 aromatic rings. The van der Waals surface area contributed by atoms with Crippen molar-refractivity contribution in [3.8, 4) is 34.5 Å². The summed E-state index contributed by atoms with van der Waals surface area (Å²) in [5, 5.41) is 0. The molecule has 11 rings (SSSR count). The largest absolute Gasteiger partial charge is 0.460 e. The van der Waals surface area contributed by atoms with Gasteiger partial charge in [-0.05, 0) is 96.5 Å². The van der Waals surface area contributed by atoms with Crippen LogP contribution in [0.25, 0.3) is 0 Å². The smallest absolute Gasteiger partial charge is 0.413 e. The third-order valence-electron chi connectivity index (χ3n) is 12.3. The van der Waals surface area contributed by atoms with Crippen LogP contribution in [0.3, 0.4) is 0 Å². The summed E-state index contributed by atoms with van der Waals surface area (Å²) in [6, 6.07) is 49.5. The van der Waals surface area contributed by atoms with E-state index in [4.69, 9.17) is 78.6 Å². The molecule has 0 spiro atoms. The number of ether oxygens (including phenoxy) is 8. The van der Waals surface area contributed by atoms with E-state index in [1.54, 1.807) is 0 Å². The van der Waals surface area contributed by atoms with Gasteiger partial charge < -0.3 is 65.0 Å². The van der Waals surface area contributed by atoms with Crippen molar-refractivity contribution >= 4 is 23.0 Å². The van der Waals surface area contributed by atoms with E-state index in [1.807, 2.05) is 158 Å². The topological polar surface area (TPSA) is 180 Å². The van der Waals surface area contributed by atoms with Crippen molar-refractivity contribution in [3.63, 3.8) is 0 Å². The minimum atomic E-state index is -4.30.